The van der Waals surface area contributed by atoms with E-state index in [1.54, 1.807) is 0 Å². The predicted octanol–water partition coefficient (Wildman–Crippen LogP) is 3.94. The number of aryl methyl sites for hydroxylation is 1. The van der Waals surface area contributed by atoms with Crippen molar-refractivity contribution in [2.45, 2.75) is 43.5 Å². The molecule has 2 atom stereocenters. The molecule has 2 aliphatic rings. The van der Waals surface area contributed by atoms with Gasteiger partial charge in [0.15, 0.2) is 0 Å². The Morgan fingerprint density at radius 3 is 2.54 bits per heavy atom. The molecule has 0 amide bonds. The molecule has 1 aliphatic heterocycles. The zero-order valence-corrected chi connectivity index (χ0v) is 20.2. The molecule has 2 aromatic carbocycles. The molecule has 1 saturated carbocycles. The number of carboxylic acids is 1. The van der Waals surface area contributed by atoms with Crippen LogP contribution >= 0.6 is 0 Å². The second-order valence-electron chi connectivity index (χ2n) is 9.45. The lowest BCUT2D eigenvalue weighted by Crippen LogP contribution is -2.31. The summed E-state index contributed by atoms with van der Waals surface area (Å²) in [7, 11) is -3.79. The lowest BCUT2D eigenvalue weighted by molar-refractivity contribution is -0.136. The van der Waals surface area contributed by atoms with Gasteiger partial charge in [-0.2, -0.15) is 9.40 Å². The Labute approximate surface area is 203 Å². The van der Waals surface area contributed by atoms with Crippen LogP contribution in [0, 0.1) is 18.8 Å². The molecule has 186 valence electrons. The molecule has 0 bridgehead atoms. The monoisotopic (exact) mass is 501 g/mol. The number of carboxylic acid groups (broad SMARTS) is 1. The Morgan fingerprint density at radius 1 is 1.17 bits per heavy atom. The van der Waals surface area contributed by atoms with Crippen LogP contribution in [0.1, 0.15) is 36.6 Å². The van der Waals surface area contributed by atoms with Crippen molar-refractivity contribution in [3.05, 3.63) is 53.7 Å². The zero-order valence-electron chi connectivity index (χ0n) is 19.4. The number of carbonyl (C=O) groups is 1. The van der Waals surface area contributed by atoms with Gasteiger partial charge in [0, 0.05) is 18.5 Å². The number of hydrogen-bond donors (Lipinski definition) is 1. The van der Waals surface area contributed by atoms with Crippen LogP contribution in [0.5, 0.6) is 5.75 Å². The van der Waals surface area contributed by atoms with Gasteiger partial charge in [0.05, 0.1) is 28.6 Å². The number of benzene rings is 2. The van der Waals surface area contributed by atoms with Crippen molar-refractivity contribution >= 4 is 26.9 Å². The van der Waals surface area contributed by atoms with Gasteiger partial charge in [0.2, 0.25) is 16.9 Å². The second kappa shape index (κ2) is 9.23. The molecule has 1 N–H and O–H groups in total. The summed E-state index contributed by atoms with van der Waals surface area (Å²) >= 11 is 0. The number of nitrogens with zero attached hydrogens (tertiary/aromatic N) is 3. The molecule has 1 aromatic heterocycles. The molecule has 1 saturated heterocycles. The highest BCUT2D eigenvalue weighted by Crippen LogP contribution is 2.45. The number of rotatable bonds is 8. The third-order valence-corrected chi connectivity index (χ3v) is 9.15. The summed E-state index contributed by atoms with van der Waals surface area (Å²) in [6.45, 7) is 1.60. The van der Waals surface area contributed by atoms with E-state index in [1.807, 2.05) is 29.8 Å². The van der Waals surface area contributed by atoms with Crippen LogP contribution in [0.25, 0.3) is 10.9 Å². The van der Waals surface area contributed by atoms with Crippen LogP contribution < -0.4 is 4.74 Å². The third kappa shape index (κ3) is 4.40. The van der Waals surface area contributed by atoms with E-state index in [9.17, 15) is 22.7 Å². The van der Waals surface area contributed by atoms with Gasteiger partial charge in [-0.25, -0.2) is 12.8 Å². The largest absolute Gasteiger partial charge is 0.481 e. The fourth-order valence-corrected chi connectivity index (χ4v) is 6.82. The van der Waals surface area contributed by atoms with Gasteiger partial charge in [0.1, 0.15) is 5.75 Å². The Balaban J connectivity index is 1.52. The summed E-state index contributed by atoms with van der Waals surface area (Å²) in [5, 5.41) is 14.9. The van der Waals surface area contributed by atoms with Gasteiger partial charge in [0.25, 0.3) is 0 Å². The highest BCUT2D eigenvalue weighted by atomic mass is 32.2. The number of aliphatic carboxylic acids is 1. The molecule has 8 nitrogen and oxygen atoms in total. The Hall–Kier alpha value is -2.98. The lowest BCUT2D eigenvalue weighted by atomic mass is 9.74. The van der Waals surface area contributed by atoms with Gasteiger partial charge in [-0.05, 0) is 55.2 Å². The topological polar surface area (TPSA) is 102 Å². The van der Waals surface area contributed by atoms with E-state index in [-0.39, 0.29) is 35.6 Å². The first-order valence-electron chi connectivity index (χ1n) is 11.8. The molecule has 0 radical (unpaired) electrons. The van der Waals surface area contributed by atoms with Crippen molar-refractivity contribution in [3.63, 3.8) is 0 Å². The molecule has 2 heterocycles. The Kier molecular flexibility index (Phi) is 6.27. The van der Waals surface area contributed by atoms with Crippen molar-refractivity contribution in [1.29, 1.82) is 0 Å². The van der Waals surface area contributed by atoms with Crippen molar-refractivity contribution in [2.75, 3.05) is 20.0 Å². The van der Waals surface area contributed by atoms with E-state index in [1.165, 1.54) is 28.6 Å². The number of halogens is 1. The van der Waals surface area contributed by atoms with Crippen LogP contribution in [0.4, 0.5) is 4.39 Å². The van der Waals surface area contributed by atoms with Crippen molar-refractivity contribution in [2.24, 2.45) is 11.8 Å². The number of ether oxygens (including phenoxy) is 1. The van der Waals surface area contributed by atoms with Crippen LogP contribution in [-0.4, -0.2) is 53.5 Å². The first-order chi connectivity index (χ1) is 16.8. The van der Waals surface area contributed by atoms with E-state index in [2.05, 4.69) is 0 Å². The minimum atomic E-state index is -3.79. The van der Waals surface area contributed by atoms with E-state index >= 15 is 0 Å². The normalized spacial score (nSPS) is 21.3. The number of fused-ring (bicyclic) bond motifs is 1. The highest BCUT2D eigenvalue weighted by molar-refractivity contribution is 7.89. The molecular weight excluding hydrogens is 473 g/mol. The first-order valence-corrected chi connectivity index (χ1v) is 13.2. The van der Waals surface area contributed by atoms with Gasteiger partial charge >= 0.3 is 5.97 Å². The number of alkyl halides is 1. The third-order valence-electron chi connectivity index (χ3n) is 7.31. The smallest absolute Gasteiger partial charge is 0.309 e. The molecule has 10 heteroatoms. The van der Waals surface area contributed by atoms with Crippen LogP contribution in [0.2, 0.25) is 0 Å². The zero-order chi connectivity index (χ0) is 24.7. The van der Waals surface area contributed by atoms with E-state index in [4.69, 9.17) is 9.84 Å². The summed E-state index contributed by atoms with van der Waals surface area (Å²) in [6, 6.07) is 11.4. The lowest BCUT2D eigenvalue weighted by Gasteiger charge is -2.34. The molecule has 0 spiro atoms. The second-order valence-corrected chi connectivity index (χ2v) is 11.4. The molecule has 35 heavy (non-hydrogen) atoms. The van der Waals surface area contributed by atoms with Gasteiger partial charge in [-0.1, -0.05) is 30.9 Å². The average molecular weight is 502 g/mol. The summed E-state index contributed by atoms with van der Waals surface area (Å²) < 4.78 is 47.6. The maximum absolute atomic E-state index is 13.5. The maximum Gasteiger partial charge on any atom is 0.309 e. The van der Waals surface area contributed by atoms with Crippen molar-refractivity contribution in [1.82, 2.24) is 14.1 Å². The summed E-state index contributed by atoms with van der Waals surface area (Å²) in [5.41, 5.74) is 2.33. The summed E-state index contributed by atoms with van der Waals surface area (Å²) in [4.78, 5) is 11.6. The van der Waals surface area contributed by atoms with Crippen LogP contribution in [0.15, 0.2) is 47.4 Å². The fourth-order valence-electron chi connectivity index (χ4n) is 5.33. The van der Waals surface area contributed by atoms with Crippen molar-refractivity contribution < 1.29 is 27.4 Å². The standard InChI is InChI=1S/C25H28FN3O5S/c1-16-5-10-23-20(11-16)22(12-25(30)31)27-29(23)24-14-28(13-21(24)17-3-2-4-17)35(32,33)19-8-6-18(7-9-19)34-15-26/h5-11,17,21,24H,2-4,12-15H2,1H3,(H,30,31)/t21?,24-/m0/s1. The fraction of sp³-hybridized carbons (Fsp3) is 0.440. The van der Waals surface area contributed by atoms with Gasteiger partial charge in [-0.15, -0.1) is 0 Å². The molecule has 1 unspecified atom stereocenters. The quantitative estimate of drug-likeness (QED) is 0.502. The Bertz CT molecular complexity index is 1350. The first kappa shape index (κ1) is 23.7. The van der Waals surface area contributed by atoms with Gasteiger partial charge in [-0.3, -0.25) is 9.48 Å². The van der Waals surface area contributed by atoms with E-state index < -0.39 is 22.9 Å². The predicted molar refractivity (Wildman–Crippen MR) is 127 cm³/mol. The van der Waals surface area contributed by atoms with Crippen LogP contribution in [0.3, 0.4) is 0 Å². The maximum atomic E-state index is 13.5. The number of aromatic nitrogens is 2. The summed E-state index contributed by atoms with van der Waals surface area (Å²) in [6.07, 6.45) is 3.03. The van der Waals surface area contributed by atoms with E-state index in [0.29, 0.717) is 18.2 Å². The van der Waals surface area contributed by atoms with E-state index in [0.717, 1.165) is 35.7 Å². The van der Waals surface area contributed by atoms with Crippen molar-refractivity contribution in [3.8, 4) is 5.75 Å². The molecule has 5 rings (SSSR count). The summed E-state index contributed by atoms with van der Waals surface area (Å²) in [5.74, 6) is -0.213. The molecular formula is C25H28FN3O5S. The van der Waals surface area contributed by atoms with Crippen LogP contribution in [-0.2, 0) is 21.2 Å². The average Bonchev–Trinajstić information content (AvgIpc) is 3.35. The number of hydrogen-bond acceptors (Lipinski definition) is 5. The minimum Gasteiger partial charge on any atom is -0.481 e. The minimum absolute atomic E-state index is 0.0785. The highest BCUT2D eigenvalue weighted by Gasteiger charge is 2.46. The Morgan fingerprint density at radius 2 is 1.91 bits per heavy atom. The number of sulfonamides is 1. The molecule has 2 fully saturated rings. The molecule has 1 aliphatic carbocycles. The molecule has 3 aromatic rings. The SMILES string of the molecule is Cc1ccc2c(c1)c(CC(=O)O)nn2[C@H]1CN(S(=O)(=O)c2ccc(OCF)cc2)CC1C1CCC1. The van der Waals surface area contributed by atoms with Gasteiger partial charge < -0.3 is 9.84 Å².